The largest absolute Gasteiger partial charge is 0.307 e. The first-order valence-corrected chi connectivity index (χ1v) is 8.68. The number of hydrogen-bond donors (Lipinski definition) is 0. The van der Waals surface area contributed by atoms with Gasteiger partial charge in [0.05, 0.1) is 35.9 Å². The molecule has 25 heavy (non-hydrogen) atoms. The second kappa shape index (κ2) is 7.01. The summed E-state index contributed by atoms with van der Waals surface area (Å²) in [5.74, 6) is -0.136. The Morgan fingerprint density at radius 3 is 2.68 bits per heavy atom. The Balaban J connectivity index is 1.95. The Kier molecular flexibility index (Phi) is 4.79. The minimum atomic E-state index is -0.629. The lowest BCUT2D eigenvalue weighted by Gasteiger charge is -2.32. The van der Waals surface area contributed by atoms with E-state index >= 15 is 0 Å². The molecule has 2 heterocycles. The van der Waals surface area contributed by atoms with E-state index in [-0.39, 0.29) is 5.91 Å². The van der Waals surface area contributed by atoms with Gasteiger partial charge in [0.25, 0.3) is 5.91 Å². The Bertz CT molecular complexity index is 786. The van der Waals surface area contributed by atoms with E-state index in [1.54, 1.807) is 34.2 Å². The van der Waals surface area contributed by atoms with Crippen LogP contribution in [0.4, 0.5) is 5.69 Å². The third-order valence-electron chi connectivity index (χ3n) is 4.98. The molecule has 0 N–H and O–H groups in total. The van der Waals surface area contributed by atoms with Gasteiger partial charge >= 0.3 is 0 Å². The zero-order chi connectivity index (χ0) is 17.9. The van der Waals surface area contributed by atoms with Gasteiger partial charge in [0, 0.05) is 12.2 Å². The normalized spacial score (nSPS) is 16.2. The van der Waals surface area contributed by atoms with Crippen molar-refractivity contribution in [1.29, 1.82) is 5.26 Å². The number of carbonyl (C=O) groups excluding carboxylic acids is 1. The number of amides is 1. The van der Waals surface area contributed by atoms with Gasteiger partial charge in [-0.25, -0.2) is 4.68 Å². The van der Waals surface area contributed by atoms with Crippen LogP contribution in [0, 0.1) is 18.3 Å². The van der Waals surface area contributed by atoms with Gasteiger partial charge in [-0.3, -0.25) is 4.79 Å². The van der Waals surface area contributed by atoms with Crippen LogP contribution in [0.5, 0.6) is 0 Å². The maximum absolute atomic E-state index is 13.0. The Morgan fingerprint density at radius 2 is 2.08 bits per heavy atom. The molecule has 0 spiro atoms. The molecule has 130 valence electrons. The van der Waals surface area contributed by atoms with E-state index in [2.05, 4.69) is 21.4 Å². The topological polar surface area (TPSA) is 87.7 Å². The number of aromatic nitrogens is 4. The van der Waals surface area contributed by atoms with Crippen molar-refractivity contribution in [2.24, 2.45) is 0 Å². The minimum Gasteiger partial charge on any atom is -0.307 e. The number of nitrogens with zero attached hydrogens (tertiary/aromatic N) is 6. The van der Waals surface area contributed by atoms with Crippen molar-refractivity contribution in [3.05, 3.63) is 35.9 Å². The zero-order valence-electron chi connectivity index (χ0n) is 14.6. The summed E-state index contributed by atoms with van der Waals surface area (Å²) in [6.45, 7) is 4.29. The molecular weight excluding hydrogens is 316 g/mol. The molecular formula is C18H22N6O. The van der Waals surface area contributed by atoms with Crippen LogP contribution in [0.2, 0.25) is 0 Å². The van der Waals surface area contributed by atoms with Gasteiger partial charge in [0.1, 0.15) is 5.54 Å². The standard InChI is InChI=1S/C18H22N6O/c1-3-23(15-7-10-20-21-11-15)17(25)16-12-22-24(14(16)2)18(13-19)8-5-4-6-9-18/h7,10-12H,3-6,8-9H2,1-2H3. The highest BCUT2D eigenvalue weighted by Gasteiger charge is 2.37. The first kappa shape index (κ1) is 17.1. The van der Waals surface area contributed by atoms with E-state index in [4.69, 9.17) is 0 Å². The van der Waals surface area contributed by atoms with Gasteiger partial charge in [-0.05, 0) is 45.6 Å². The summed E-state index contributed by atoms with van der Waals surface area (Å²) >= 11 is 0. The van der Waals surface area contributed by atoms with Crippen molar-refractivity contribution in [3.63, 3.8) is 0 Å². The van der Waals surface area contributed by atoms with Gasteiger partial charge in [-0.1, -0.05) is 6.42 Å². The fraction of sp³-hybridized carbons (Fsp3) is 0.500. The van der Waals surface area contributed by atoms with Crippen LogP contribution in [0.3, 0.4) is 0 Å². The van der Waals surface area contributed by atoms with Gasteiger partial charge < -0.3 is 4.90 Å². The molecule has 0 atom stereocenters. The monoisotopic (exact) mass is 338 g/mol. The molecule has 2 aromatic rings. The molecule has 0 saturated heterocycles. The molecule has 1 fully saturated rings. The van der Waals surface area contributed by atoms with E-state index in [0.29, 0.717) is 17.8 Å². The van der Waals surface area contributed by atoms with Crippen LogP contribution in [-0.4, -0.2) is 32.4 Å². The van der Waals surface area contributed by atoms with Crippen LogP contribution in [-0.2, 0) is 5.54 Å². The summed E-state index contributed by atoms with van der Waals surface area (Å²) < 4.78 is 1.76. The highest BCUT2D eigenvalue weighted by molar-refractivity contribution is 6.06. The highest BCUT2D eigenvalue weighted by atomic mass is 16.2. The first-order valence-electron chi connectivity index (χ1n) is 8.68. The van der Waals surface area contributed by atoms with Crippen molar-refractivity contribution in [1.82, 2.24) is 20.0 Å². The first-order chi connectivity index (χ1) is 12.1. The molecule has 0 aliphatic heterocycles. The van der Waals surface area contributed by atoms with Crippen LogP contribution in [0.1, 0.15) is 55.1 Å². The third kappa shape index (κ3) is 3.00. The van der Waals surface area contributed by atoms with Gasteiger partial charge in [-0.15, -0.1) is 0 Å². The predicted molar refractivity (Wildman–Crippen MR) is 93.0 cm³/mol. The fourth-order valence-electron chi connectivity index (χ4n) is 3.59. The second-order valence-electron chi connectivity index (χ2n) is 6.41. The molecule has 1 amide bonds. The smallest absolute Gasteiger partial charge is 0.261 e. The lowest BCUT2D eigenvalue weighted by molar-refractivity contribution is 0.0987. The molecule has 3 rings (SSSR count). The maximum atomic E-state index is 13.0. The van der Waals surface area contributed by atoms with Gasteiger partial charge in [-0.2, -0.15) is 20.6 Å². The molecule has 7 nitrogen and oxygen atoms in total. The summed E-state index contributed by atoms with van der Waals surface area (Å²) in [5.41, 5.74) is 1.34. The van der Waals surface area contributed by atoms with Crippen LogP contribution >= 0.6 is 0 Å². The number of anilines is 1. The quantitative estimate of drug-likeness (QED) is 0.855. The summed E-state index contributed by atoms with van der Waals surface area (Å²) in [5, 5.41) is 21.8. The lowest BCUT2D eigenvalue weighted by Crippen LogP contribution is -2.36. The molecule has 1 aliphatic rings. The van der Waals surface area contributed by atoms with Crippen molar-refractivity contribution >= 4 is 11.6 Å². The second-order valence-corrected chi connectivity index (χ2v) is 6.41. The average molecular weight is 338 g/mol. The molecule has 0 aromatic carbocycles. The summed E-state index contributed by atoms with van der Waals surface area (Å²) in [7, 11) is 0. The van der Waals surface area contributed by atoms with E-state index in [1.807, 2.05) is 13.8 Å². The molecule has 1 aliphatic carbocycles. The van der Waals surface area contributed by atoms with E-state index < -0.39 is 5.54 Å². The molecule has 0 unspecified atom stereocenters. The summed E-state index contributed by atoms with van der Waals surface area (Å²) in [6, 6.07) is 4.22. The van der Waals surface area contributed by atoms with E-state index in [1.165, 1.54) is 0 Å². The summed E-state index contributed by atoms with van der Waals surface area (Å²) in [6.07, 6.45) is 9.46. The van der Waals surface area contributed by atoms with Crippen molar-refractivity contribution in [3.8, 4) is 6.07 Å². The SMILES string of the molecule is CCN(C(=O)c1cnn(C2(C#N)CCCCC2)c1C)c1ccnnc1. The van der Waals surface area contributed by atoms with Crippen LogP contribution < -0.4 is 4.90 Å². The highest BCUT2D eigenvalue weighted by Crippen LogP contribution is 2.35. The van der Waals surface area contributed by atoms with Crippen molar-refractivity contribution in [2.45, 2.75) is 51.5 Å². The van der Waals surface area contributed by atoms with E-state index in [9.17, 15) is 10.1 Å². The van der Waals surface area contributed by atoms with Crippen LogP contribution in [0.25, 0.3) is 0 Å². The van der Waals surface area contributed by atoms with Gasteiger partial charge in [0.2, 0.25) is 0 Å². The number of rotatable bonds is 4. The van der Waals surface area contributed by atoms with Crippen molar-refractivity contribution in [2.75, 3.05) is 11.4 Å². The Hall–Kier alpha value is -2.75. The zero-order valence-corrected chi connectivity index (χ0v) is 14.6. The number of hydrogen-bond acceptors (Lipinski definition) is 5. The van der Waals surface area contributed by atoms with E-state index in [0.717, 1.165) is 37.8 Å². The molecule has 2 aromatic heterocycles. The van der Waals surface area contributed by atoms with Crippen molar-refractivity contribution < 1.29 is 4.79 Å². The molecule has 0 radical (unpaired) electrons. The number of carbonyl (C=O) groups is 1. The third-order valence-corrected chi connectivity index (χ3v) is 4.98. The average Bonchev–Trinajstić information content (AvgIpc) is 3.05. The number of nitriles is 1. The molecule has 0 bridgehead atoms. The maximum Gasteiger partial charge on any atom is 0.261 e. The molecule has 1 saturated carbocycles. The van der Waals surface area contributed by atoms with Gasteiger partial charge in [0.15, 0.2) is 0 Å². The molecule has 7 heteroatoms. The minimum absolute atomic E-state index is 0.136. The van der Waals surface area contributed by atoms with Crippen LogP contribution in [0.15, 0.2) is 24.7 Å². The Labute approximate surface area is 147 Å². The predicted octanol–water partition coefficient (Wildman–Crippen LogP) is 2.83. The lowest BCUT2D eigenvalue weighted by atomic mass is 9.83. The summed E-state index contributed by atoms with van der Waals surface area (Å²) in [4.78, 5) is 14.7. The fourth-order valence-corrected chi connectivity index (χ4v) is 3.59. The Morgan fingerprint density at radius 1 is 1.32 bits per heavy atom.